The van der Waals surface area contributed by atoms with Crippen LogP contribution >= 0.6 is 23.4 Å². The van der Waals surface area contributed by atoms with Crippen molar-refractivity contribution in [3.05, 3.63) is 34.9 Å². The van der Waals surface area contributed by atoms with Gasteiger partial charge in [0.15, 0.2) is 6.23 Å². The third-order valence-electron chi connectivity index (χ3n) is 2.36. The van der Waals surface area contributed by atoms with E-state index in [0.717, 1.165) is 0 Å². The fourth-order valence-corrected chi connectivity index (χ4v) is 2.46. The average molecular weight is 258 g/mol. The van der Waals surface area contributed by atoms with E-state index in [1.165, 1.54) is 11.8 Å². The first-order valence-corrected chi connectivity index (χ1v) is 6.45. The summed E-state index contributed by atoms with van der Waals surface area (Å²) in [7, 11) is 0. The molecule has 0 bridgehead atoms. The van der Waals surface area contributed by atoms with Gasteiger partial charge in [-0.3, -0.25) is 0 Å². The van der Waals surface area contributed by atoms with Gasteiger partial charge in [0, 0.05) is 10.6 Å². The lowest BCUT2D eigenvalue weighted by molar-refractivity contribution is -0.164. The summed E-state index contributed by atoms with van der Waals surface area (Å²) in [6.45, 7) is 1.80. The Morgan fingerprint density at radius 1 is 1.44 bits per heavy atom. The van der Waals surface area contributed by atoms with Gasteiger partial charge in [0.2, 0.25) is 5.79 Å². The Morgan fingerprint density at radius 3 is 2.62 bits per heavy atom. The standard InChI is InChI=1S/C11H12ClNO2S/c1-7-13-10(16-2)11(14,15-7)8-3-5-9(12)6-4-8/h3-7,14H,1-2H3. The van der Waals surface area contributed by atoms with Crippen LogP contribution in [0.1, 0.15) is 12.5 Å². The highest BCUT2D eigenvalue weighted by atomic mass is 35.5. The second-order valence-electron chi connectivity index (χ2n) is 3.51. The summed E-state index contributed by atoms with van der Waals surface area (Å²) in [5.41, 5.74) is 0.648. The van der Waals surface area contributed by atoms with Gasteiger partial charge in [-0.05, 0) is 25.3 Å². The predicted molar refractivity (Wildman–Crippen MR) is 66.8 cm³/mol. The molecule has 1 aromatic rings. The summed E-state index contributed by atoms with van der Waals surface area (Å²) in [5, 5.41) is 11.7. The quantitative estimate of drug-likeness (QED) is 0.841. The van der Waals surface area contributed by atoms with Gasteiger partial charge in [-0.2, -0.15) is 0 Å². The maximum Gasteiger partial charge on any atom is 0.245 e. The van der Waals surface area contributed by atoms with Crippen LogP contribution in [0, 0.1) is 0 Å². The number of ether oxygens (including phenoxy) is 1. The number of aliphatic hydroxyl groups is 1. The Kier molecular flexibility index (Phi) is 3.26. The number of halogens is 1. The van der Waals surface area contributed by atoms with E-state index in [9.17, 15) is 5.11 Å². The zero-order chi connectivity index (χ0) is 11.8. The van der Waals surface area contributed by atoms with Crippen LogP contribution in [-0.4, -0.2) is 22.6 Å². The SMILES string of the molecule is CSC1=NC(C)OC1(O)c1ccc(Cl)cc1. The van der Waals surface area contributed by atoms with Crippen molar-refractivity contribution in [3.63, 3.8) is 0 Å². The summed E-state index contributed by atoms with van der Waals surface area (Å²) in [6, 6.07) is 6.93. The molecule has 0 amide bonds. The van der Waals surface area contributed by atoms with E-state index in [2.05, 4.69) is 4.99 Å². The number of thioether (sulfide) groups is 1. The molecular weight excluding hydrogens is 246 g/mol. The highest BCUT2D eigenvalue weighted by Crippen LogP contribution is 2.36. The molecule has 0 aromatic heterocycles. The Hall–Kier alpha value is -0.550. The van der Waals surface area contributed by atoms with E-state index >= 15 is 0 Å². The van der Waals surface area contributed by atoms with Crippen molar-refractivity contribution < 1.29 is 9.84 Å². The summed E-state index contributed by atoms with van der Waals surface area (Å²) in [4.78, 5) is 4.23. The summed E-state index contributed by atoms with van der Waals surface area (Å²) in [6.07, 6.45) is 1.53. The summed E-state index contributed by atoms with van der Waals surface area (Å²) in [5.74, 6) is -1.43. The molecule has 0 aliphatic carbocycles. The summed E-state index contributed by atoms with van der Waals surface area (Å²) >= 11 is 7.19. The first kappa shape index (κ1) is 11.9. The molecule has 1 aliphatic heterocycles. The summed E-state index contributed by atoms with van der Waals surface area (Å²) < 4.78 is 5.47. The molecule has 1 aromatic carbocycles. The van der Waals surface area contributed by atoms with Gasteiger partial charge in [-0.1, -0.05) is 23.7 Å². The number of hydrogen-bond acceptors (Lipinski definition) is 4. The molecule has 1 heterocycles. The zero-order valence-electron chi connectivity index (χ0n) is 8.98. The van der Waals surface area contributed by atoms with Gasteiger partial charge in [0.05, 0.1) is 0 Å². The van der Waals surface area contributed by atoms with Crippen molar-refractivity contribution in [1.29, 1.82) is 0 Å². The minimum atomic E-state index is -1.43. The molecular formula is C11H12ClNO2S. The molecule has 2 rings (SSSR count). The lowest BCUT2D eigenvalue weighted by Gasteiger charge is -2.24. The van der Waals surface area contributed by atoms with E-state index in [1.54, 1.807) is 31.2 Å². The van der Waals surface area contributed by atoms with Crippen LogP contribution in [0.2, 0.25) is 5.02 Å². The fourth-order valence-electron chi connectivity index (χ4n) is 1.63. The molecule has 5 heteroatoms. The van der Waals surface area contributed by atoms with Crippen molar-refractivity contribution in [2.75, 3.05) is 6.26 Å². The topological polar surface area (TPSA) is 41.8 Å². The van der Waals surface area contributed by atoms with Gasteiger partial charge in [0.1, 0.15) is 5.04 Å². The maximum absolute atomic E-state index is 10.5. The van der Waals surface area contributed by atoms with Crippen LogP contribution in [0.4, 0.5) is 0 Å². The molecule has 2 atom stereocenters. The van der Waals surface area contributed by atoms with Crippen LogP contribution in [-0.2, 0) is 10.5 Å². The van der Waals surface area contributed by atoms with Crippen molar-refractivity contribution in [2.45, 2.75) is 18.9 Å². The first-order valence-electron chi connectivity index (χ1n) is 4.85. The van der Waals surface area contributed by atoms with Crippen LogP contribution in [0.5, 0.6) is 0 Å². The van der Waals surface area contributed by atoms with Gasteiger partial charge in [-0.15, -0.1) is 11.8 Å². The molecule has 2 unspecified atom stereocenters. The molecule has 0 saturated heterocycles. The third kappa shape index (κ3) is 1.98. The minimum Gasteiger partial charge on any atom is -0.356 e. The van der Waals surface area contributed by atoms with Gasteiger partial charge in [-0.25, -0.2) is 4.99 Å². The van der Waals surface area contributed by atoms with E-state index in [4.69, 9.17) is 16.3 Å². The van der Waals surface area contributed by atoms with Crippen molar-refractivity contribution in [2.24, 2.45) is 4.99 Å². The lowest BCUT2D eigenvalue weighted by atomic mass is 10.1. The van der Waals surface area contributed by atoms with Crippen molar-refractivity contribution in [3.8, 4) is 0 Å². The smallest absolute Gasteiger partial charge is 0.245 e. The maximum atomic E-state index is 10.5. The zero-order valence-corrected chi connectivity index (χ0v) is 10.5. The second-order valence-corrected chi connectivity index (χ2v) is 4.74. The van der Waals surface area contributed by atoms with E-state index < -0.39 is 5.79 Å². The molecule has 0 spiro atoms. The molecule has 1 aliphatic rings. The molecule has 1 N–H and O–H groups in total. The van der Waals surface area contributed by atoms with E-state index in [-0.39, 0.29) is 6.23 Å². The van der Waals surface area contributed by atoms with Crippen LogP contribution in [0.3, 0.4) is 0 Å². The molecule has 0 fully saturated rings. The minimum absolute atomic E-state index is 0.330. The number of aliphatic imine (C=N–C) groups is 1. The van der Waals surface area contributed by atoms with Crippen LogP contribution < -0.4 is 0 Å². The number of rotatable bonds is 1. The van der Waals surface area contributed by atoms with Crippen LogP contribution in [0.25, 0.3) is 0 Å². The average Bonchev–Trinajstić information content (AvgIpc) is 2.55. The molecule has 0 saturated carbocycles. The van der Waals surface area contributed by atoms with Crippen molar-refractivity contribution in [1.82, 2.24) is 0 Å². The Bertz CT molecular complexity index is 420. The molecule has 0 radical (unpaired) electrons. The van der Waals surface area contributed by atoms with Gasteiger partial charge in [0.25, 0.3) is 0 Å². The monoisotopic (exact) mass is 257 g/mol. The largest absolute Gasteiger partial charge is 0.356 e. The second kappa shape index (κ2) is 4.37. The lowest BCUT2D eigenvalue weighted by Crippen LogP contribution is -2.33. The molecule has 86 valence electrons. The van der Waals surface area contributed by atoms with Crippen LogP contribution in [0.15, 0.2) is 29.3 Å². The van der Waals surface area contributed by atoms with Crippen molar-refractivity contribution >= 4 is 28.4 Å². The van der Waals surface area contributed by atoms with E-state index in [1.807, 2.05) is 6.26 Å². The normalized spacial score (nSPS) is 29.2. The molecule has 16 heavy (non-hydrogen) atoms. The Balaban J connectivity index is 2.39. The highest BCUT2D eigenvalue weighted by Gasteiger charge is 2.42. The Morgan fingerprint density at radius 2 is 2.06 bits per heavy atom. The first-order chi connectivity index (χ1) is 7.56. The molecule has 3 nitrogen and oxygen atoms in total. The van der Waals surface area contributed by atoms with Gasteiger partial charge < -0.3 is 9.84 Å². The van der Waals surface area contributed by atoms with Gasteiger partial charge >= 0.3 is 0 Å². The third-order valence-corrected chi connectivity index (χ3v) is 3.38. The fraction of sp³-hybridized carbons (Fsp3) is 0.364. The number of benzene rings is 1. The Labute approximate surface area is 103 Å². The van der Waals surface area contributed by atoms with E-state index in [0.29, 0.717) is 15.6 Å². The predicted octanol–water partition coefficient (Wildman–Crippen LogP) is 2.62. The highest BCUT2D eigenvalue weighted by molar-refractivity contribution is 8.13. The number of hydrogen-bond donors (Lipinski definition) is 1. The number of nitrogens with zero attached hydrogens (tertiary/aromatic N) is 1.